The average Bonchev–Trinajstić information content (AvgIpc) is 3.32. The Morgan fingerprint density at radius 2 is 1.88 bits per heavy atom. The summed E-state index contributed by atoms with van der Waals surface area (Å²) in [6.45, 7) is 6.34. The molecule has 4 saturated heterocycles. The van der Waals surface area contributed by atoms with Crippen molar-refractivity contribution in [3.8, 4) is 17.1 Å². The number of benzene rings is 2. The van der Waals surface area contributed by atoms with E-state index in [1.165, 1.54) is 31.4 Å². The molecule has 2 aromatic carbocycles. The summed E-state index contributed by atoms with van der Waals surface area (Å²) >= 11 is 7.77. The van der Waals surface area contributed by atoms with Crippen molar-refractivity contribution >= 4 is 55.0 Å². The summed E-state index contributed by atoms with van der Waals surface area (Å²) in [6.07, 6.45) is 4.57. The smallest absolute Gasteiger partial charge is 0.319 e. The Hall–Kier alpha value is -2.86. The molecule has 6 heterocycles. The number of nitrogens with two attached hydrogens (primary N) is 1. The summed E-state index contributed by atoms with van der Waals surface area (Å²) in [4.78, 5) is 18.2. The van der Waals surface area contributed by atoms with Gasteiger partial charge in [-0.05, 0) is 57.5 Å². The zero-order chi connectivity index (χ0) is 27.5. The number of likely N-dealkylation sites (tertiary alicyclic amines) is 1. The first-order valence-corrected chi connectivity index (χ1v) is 15.0. The molecule has 4 fully saturated rings. The second kappa shape index (κ2) is 10.2. The normalized spacial score (nSPS) is 22.1. The minimum atomic E-state index is -0.626. The van der Waals surface area contributed by atoms with Crippen molar-refractivity contribution in [2.75, 3.05) is 43.4 Å². The van der Waals surface area contributed by atoms with E-state index in [2.05, 4.69) is 25.1 Å². The lowest BCUT2D eigenvalue weighted by Crippen LogP contribution is -2.67. The number of piperidine rings is 2. The highest BCUT2D eigenvalue weighted by Crippen LogP contribution is 2.43. The van der Waals surface area contributed by atoms with E-state index in [0.29, 0.717) is 28.9 Å². The van der Waals surface area contributed by atoms with Crippen molar-refractivity contribution in [3.05, 3.63) is 34.9 Å². The Bertz CT molecular complexity index is 1600. The van der Waals surface area contributed by atoms with E-state index in [1.807, 2.05) is 6.92 Å². The molecule has 4 aliphatic heterocycles. The minimum Gasteiger partial charge on any atom is -0.459 e. The molecule has 0 spiro atoms. The molecule has 40 heavy (non-hydrogen) atoms. The van der Waals surface area contributed by atoms with E-state index in [0.717, 1.165) is 50.5 Å². The monoisotopic (exact) mass is 585 g/mol. The largest absolute Gasteiger partial charge is 0.459 e. The van der Waals surface area contributed by atoms with Crippen LogP contribution in [0.2, 0.25) is 5.02 Å². The number of ether oxygens (including phenoxy) is 1. The second-order valence-corrected chi connectivity index (χ2v) is 12.5. The number of nitrogens with one attached hydrogen (secondary N) is 1. The summed E-state index contributed by atoms with van der Waals surface area (Å²) in [5, 5.41) is 4.40. The predicted molar refractivity (Wildman–Crippen MR) is 155 cm³/mol. The van der Waals surface area contributed by atoms with E-state index in [4.69, 9.17) is 27.1 Å². The molecule has 0 amide bonds. The lowest BCUT2D eigenvalue weighted by molar-refractivity contribution is 0.122. The average molecular weight is 586 g/mol. The van der Waals surface area contributed by atoms with Crippen LogP contribution in [-0.4, -0.2) is 70.8 Å². The van der Waals surface area contributed by atoms with E-state index in [9.17, 15) is 4.39 Å². The van der Waals surface area contributed by atoms with Gasteiger partial charge in [-0.25, -0.2) is 13.8 Å². The molecule has 2 bridgehead atoms. The maximum Gasteiger partial charge on any atom is 0.319 e. The minimum absolute atomic E-state index is 0.101. The highest BCUT2D eigenvalue weighted by atomic mass is 35.5. The SMILES string of the molecule is CC(CN1CCCCC1)Oc1nc(N2CC3CC(C2)N3)c2cc(Cl)c(-c3ccc(F)c4sc(N)nc34)c(F)c2n1. The Morgan fingerprint density at radius 1 is 1.12 bits per heavy atom. The Balaban J connectivity index is 1.34. The van der Waals surface area contributed by atoms with E-state index in [-0.39, 0.29) is 43.6 Å². The van der Waals surface area contributed by atoms with Crippen LogP contribution in [0.25, 0.3) is 32.2 Å². The van der Waals surface area contributed by atoms with Gasteiger partial charge in [-0.2, -0.15) is 9.97 Å². The quantitative estimate of drug-likeness (QED) is 0.318. The number of thiazole rings is 1. The summed E-state index contributed by atoms with van der Waals surface area (Å²) in [5.74, 6) is -0.485. The second-order valence-electron chi connectivity index (χ2n) is 11.1. The highest BCUT2D eigenvalue weighted by Gasteiger charge is 2.38. The van der Waals surface area contributed by atoms with E-state index in [1.54, 1.807) is 6.07 Å². The van der Waals surface area contributed by atoms with Crippen molar-refractivity contribution in [3.63, 3.8) is 0 Å². The van der Waals surface area contributed by atoms with Gasteiger partial charge in [-0.3, -0.25) is 4.90 Å². The third-order valence-electron chi connectivity index (χ3n) is 8.12. The van der Waals surface area contributed by atoms with Gasteiger partial charge in [0.1, 0.15) is 23.3 Å². The van der Waals surface area contributed by atoms with Gasteiger partial charge in [-0.15, -0.1) is 0 Å². The number of aromatic nitrogens is 3. The van der Waals surface area contributed by atoms with Gasteiger partial charge in [0.15, 0.2) is 10.9 Å². The number of fused-ring (bicyclic) bond motifs is 4. The van der Waals surface area contributed by atoms with Crippen LogP contribution in [0.5, 0.6) is 6.01 Å². The van der Waals surface area contributed by atoms with Gasteiger partial charge in [0.05, 0.1) is 15.2 Å². The lowest BCUT2D eigenvalue weighted by Gasteiger charge is -2.48. The molecule has 12 heteroatoms. The van der Waals surface area contributed by atoms with E-state index >= 15 is 4.39 Å². The van der Waals surface area contributed by atoms with Crippen LogP contribution in [0.15, 0.2) is 18.2 Å². The van der Waals surface area contributed by atoms with Crippen molar-refractivity contribution in [1.29, 1.82) is 0 Å². The molecular formula is C28H30ClF2N7OS. The van der Waals surface area contributed by atoms with Crippen LogP contribution in [0.1, 0.15) is 32.6 Å². The van der Waals surface area contributed by atoms with Gasteiger partial charge in [0.25, 0.3) is 0 Å². The van der Waals surface area contributed by atoms with Crippen LogP contribution in [0.3, 0.4) is 0 Å². The molecule has 3 unspecified atom stereocenters. The first-order valence-electron chi connectivity index (χ1n) is 13.8. The fourth-order valence-electron chi connectivity index (χ4n) is 6.30. The molecule has 3 N–H and O–H groups in total. The summed E-state index contributed by atoms with van der Waals surface area (Å²) < 4.78 is 37.6. The number of nitrogen functional groups attached to an aromatic ring is 1. The molecule has 210 valence electrons. The van der Waals surface area contributed by atoms with Gasteiger partial charge in [0, 0.05) is 48.2 Å². The fraction of sp³-hybridized carbons (Fsp3) is 0.464. The molecule has 4 aliphatic rings. The van der Waals surface area contributed by atoms with Crippen molar-refractivity contribution in [2.45, 2.75) is 50.8 Å². The number of hydrogen-bond acceptors (Lipinski definition) is 9. The molecule has 2 aromatic heterocycles. The molecule has 8 rings (SSSR count). The van der Waals surface area contributed by atoms with Crippen molar-refractivity contribution in [2.24, 2.45) is 0 Å². The summed E-state index contributed by atoms with van der Waals surface area (Å²) in [6, 6.07) is 5.33. The summed E-state index contributed by atoms with van der Waals surface area (Å²) in [5.41, 5.74) is 6.73. The number of piperazine rings is 1. The molecule has 0 saturated carbocycles. The molecule has 3 atom stereocenters. The molecule has 4 aromatic rings. The molecule has 0 aliphatic carbocycles. The number of nitrogens with zero attached hydrogens (tertiary/aromatic N) is 5. The maximum absolute atomic E-state index is 16.6. The van der Waals surface area contributed by atoms with Crippen LogP contribution < -0.4 is 20.7 Å². The van der Waals surface area contributed by atoms with Crippen LogP contribution in [0, 0.1) is 11.6 Å². The first kappa shape index (κ1) is 26.1. The Kier molecular flexibility index (Phi) is 6.65. The van der Waals surface area contributed by atoms with Gasteiger partial charge < -0.3 is 20.7 Å². The molecule has 0 radical (unpaired) electrons. The summed E-state index contributed by atoms with van der Waals surface area (Å²) in [7, 11) is 0. The van der Waals surface area contributed by atoms with E-state index < -0.39 is 11.6 Å². The third-order valence-corrected chi connectivity index (χ3v) is 9.31. The zero-order valence-corrected chi connectivity index (χ0v) is 23.7. The van der Waals surface area contributed by atoms with Crippen LogP contribution in [0.4, 0.5) is 19.7 Å². The molecular weight excluding hydrogens is 556 g/mol. The fourth-order valence-corrected chi connectivity index (χ4v) is 7.36. The topological polar surface area (TPSA) is 92.4 Å². The lowest BCUT2D eigenvalue weighted by atomic mass is 9.91. The van der Waals surface area contributed by atoms with Gasteiger partial charge in [-0.1, -0.05) is 29.4 Å². The first-order chi connectivity index (χ1) is 19.3. The maximum atomic E-state index is 16.6. The van der Waals surface area contributed by atoms with Gasteiger partial charge in [0.2, 0.25) is 0 Å². The third kappa shape index (κ3) is 4.62. The number of halogens is 3. The zero-order valence-electron chi connectivity index (χ0n) is 22.1. The Morgan fingerprint density at radius 3 is 2.62 bits per heavy atom. The van der Waals surface area contributed by atoms with Crippen molar-refractivity contribution < 1.29 is 13.5 Å². The van der Waals surface area contributed by atoms with Crippen LogP contribution >= 0.6 is 22.9 Å². The predicted octanol–water partition coefficient (Wildman–Crippen LogP) is 5.22. The number of anilines is 2. The Labute approximate surface area is 239 Å². The number of hydrogen-bond donors (Lipinski definition) is 2. The van der Waals surface area contributed by atoms with Crippen LogP contribution in [-0.2, 0) is 0 Å². The van der Waals surface area contributed by atoms with Crippen molar-refractivity contribution in [1.82, 2.24) is 25.2 Å². The van der Waals surface area contributed by atoms with Gasteiger partial charge >= 0.3 is 6.01 Å². The number of rotatable bonds is 6. The highest BCUT2D eigenvalue weighted by molar-refractivity contribution is 7.22. The molecule has 8 nitrogen and oxygen atoms in total. The standard InChI is InChI=1S/C28H30ClF2N7OS/c1-14(11-37-7-3-2-4-8-37)39-28-35-23-18(26(36-28)38-12-15-9-16(13-38)33-15)10-19(29)21(22(23)31)17-5-6-20(30)25-24(17)34-27(32)40-25/h5-6,10,14-16,33H,2-4,7-9,11-13H2,1H3,(H2,32,34).